The van der Waals surface area contributed by atoms with Gasteiger partial charge in [-0.05, 0) is 18.2 Å². The van der Waals surface area contributed by atoms with E-state index in [4.69, 9.17) is 5.73 Å². The summed E-state index contributed by atoms with van der Waals surface area (Å²) in [7, 11) is 0. The van der Waals surface area contributed by atoms with Crippen molar-refractivity contribution in [2.75, 3.05) is 17.2 Å². The predicted molar refractivity (Wildman–Crippen MR) is 68.8 cm³/mol. The normalized spacial score (nSPS) is 19.7. The van der Waals surface area contributed by atoms with Crippen molar-refractivity contribution in [3.63, 3.8) is 0 Å². The molecule has 18 heavy (non-hydrogen) atoms. The van der Waals surface area contributed by atoms with Gasteiger partial charge in [0.05, 0.1) is 10.9 Å². The third kappa shape index (κ3) is 2.54. The Kier molecular flexibility index (Phi) is 3.98. The van der Waals surface area contributed by atoms with Crippen LogP contribution in [0.5, 0.6) is 0 Å². The van der Waals surface area contributed by atoms with Crippen molar-refractivity contribution in [1.82, 2.24) is 0 Å². The van der Waals surface area contributed by atoms with Gasteiger partial charge in [-0.2, -0.15) is 0 Å². The van der Waals surface area contributed by atoms with Gasteiger partial charge in [0.1, 0.15) is 5.82 Å². The van der Waals surface area contributed by atoms with Crippen LogP contribution in [0.2, 0.25) is 0 Å². The van der Waals surface area contributed by atoms with Gasteiger partial charge in [0.2, 0.25) is 11.8 Å². The first-order chi connectivity index (χ1) is 8.63. The Morgan fingerprint density at radius 2 is 2.22 bits per heavy atom. The lowest BCUT2D eigenvalue weighted by Crippen LogP contribution is -2.31. The molecule has 1 saturated heterocycles. The highest BCUT2D eigenvalue weighted by Gasteiger charge is 2.39. The molecule has 2 rings (SSSR count). The number of carbonyl (C=O) groups excluding carboxylic acids is 2. The number of benzene rings is 1. The summed E-state index contributed by atoms with van der Waals surface area (Å²) in [6, 6.07) is 5.49. The van der Waals surface area contributed by atoms with Gasteiger partial charge in [0.25, 0.3) is 0 Å². The summed E-state index contributed by atoms with van der Waals surface area (Å²) in [4.78, 5) is 24.9. The molecule has 1 heterocycles. The van der Waals surface area contributed by atoms with Crippen LogP contribution in [-0.2, 0) is 9.59 Å². The second-order valence-electron chi connectivity index (χ2n) is 3.90. The SMILES string of the molecule is NCCS[C@@H]1CC(=O)N(c2cccc(F)c2)C1=O. The van der Waals surface area contributed by atoms with Crippen LogP contribution in [0.1, 0.15) is 6.42 Å². The molecule has 0 radical (unpaired) electrons. The predicted octanol–water partition coefficient (Wildman–Crippen LogP) is 1.15. The Morgan fingerprint density at radius 1 is 1.44 bits per heavy atom. The fourth-order valence-electron chi connectivity index (χ4n) is 1.83. The molecule has 1 aromatic carbocycles. The molecule has 0 spiro atoms. The van der Waals surface area contributed by atoms with Gasteiger partial charge < -0.3 is 5.73 Å². The molecule has 0 saturated carbocycles. The first-order valence-electron chi connectivity index (χ1n) is 5.57. The lowest BCUT2D eigenvalue weighted by Gasteiger charge is -2.14. The Labute approximate surface area is 108 Å². The average molecular weight is 268 g/mol. The number of hydrogen-bond acceptors (Lipinski definition) is 4. The number of thioether (sulfide) groups is 1. The zero-order valence-corrected chi connectivity index (χ0v) is 10.5. The topological polar surface area (TPSA) is 63.4 Å². The van der Waals surface area contributed by atoms with E-state index >= 15 is 0 Å². The van der Waals surface area contributed by atoms with Crippen molar-refractivity contribution in [3.8, 4) is 0 Å². The number of nitrogens with zero attached hydrogens (tertiary/aromatic N) is 1. The molecule has 2 amide bonds. The first-order valence-corrected chi connectivity index (χ1v) is 6.62. The van der Waals surface area contributed by atoms with Gasteiger partial charge in [-0.3, -0.25) is 9.59 Å². The van der Waals surface area contributed by atoms with Crippen LogP contribution in [0.3, 0.4) is 0 Å². The number of nitrogens with two attached hydrogens (primary N) is 1. The number of anilines is 1. The molecule has 1 fully saturated rings. The third-order valence-electron chi connectivity index (χ3n) is 2.61. The van der Waals surface area contributed by atoms with Crippen LogP contribution in [0.4, 0.5) is 10.1 Å². The molecule has 6 heteroatoms. The Hall–Kier alpha value is -1.40. The number of imide groups is 1. The Morgan fingerprint density at radius 3 is 2.89 bits per heavy atom. The van der Waals surface area contributed by atoms with Crippen molar-refractivity contribution >= 4 is 29.3 Å². The summed E-state index contributed by atoms with van der Waals surface area (Å²) in [5.74, 6) is -0.420. The van der Waals surface area contributed by atoms with Crippen LogP contribution < -0.4 is 10.6 Å². The Bertz CT molecular complexity index is 481. The van der Waals surface area contributed by atoms with Gasteiger partial charge in [0, 0.05) is 18.7 Å². The van der Waals surface area contributed by atoms with E-state index in [1.165, 1.54) is 30.0 Å². The number of rotatable bonds is 4. The van der Waals surface area contributed by atoms with E-state index in [1.54, 1.807) is 6.07 Å². The average Bonchev–Trinajstić information content (AvgIpc) is 2.62. The summed E-state index contributed by atoms with van der Waals surface area (Å²) in [5, 5.41) is -0.399. The van der Waals surface area contributed by atoms with Gasteiger partial charge >= 0.3 is 0 Å². The van der Waals surface area contributed by atoms with E-state index in [2.05, 4.69) is 0 Å². The number of amides is 2. The van der Waals surface area contributed by atoms with E-state index in [1.807, 2.05) is 0 Å². The molecule has 1 aliphatic heterocycles. The largest absolute Gasteiger partial charge is 0.330 e. The van der Waals surface area contributed by atoms with E-state index < -0.39 is 11.1 Å². The summed E-state index contributed by atoms with van der Waals surface area (Å²) in [5.41, 5.74) is 5.66. The van der Waals surface area contributed by atoms with E-state index in [-0.39, 0.29) is 18.2 Å². The molecule has 0 aliphatic carbocycles. The minimum atomic E-state index is -0.467. The summed E-state index contributed by atoms with van der Waals surface area (Å²) >= 11 is 1.37. The highest BCUT2D eigenvalue weighted by atomic mass is 32.2. The monoisotopic (exact) mass is 268 g/mol. The molecular weight excluding hydrogens is 255 g/mol. The van der Waals surface area contributed by atoms with Crippen molar-refractivity contribution in [2.24, 2.45) is 5.73 Å². The van der Waals surface area contributed by atoms with Crippen molar-refractivity contribution < 1.29 is 14.0 Å². The van der Waals surface area contributed by atoms with Crippen LogP contribution in [0.15, 0.2) is 24.3 Å². The number of hydrogen-bond donors (Lipinski definition) is 1. The summed E-state index contributed by atoms with van der Waals surface area (Å²) < 4.78 is 13.1. The highest BCUT2D eigenvalue weighted by Crippen LogP contribution is 2.29. The minimum absolute atomic E-state index is 0.153. The molecule has 2 N–H and O–H groups in total. The number of carbonyl (C=O) groups is 2. The fourth-order valence-corrected chi connectivity index (χ4v) is 2.76. The molecule has 96 valence electrons. The summed E-state index contributed by atoms with van der Waals surface area (Å²) in [6.07, 6.45) is 0.153. The smallest absolute Gasteiger partial charge is 0.247 e. The lowest BCUT2D eigenvalue weighted by molar-refractivity contribution is -0.121. The molecule has 0 unspecified atom stereocenters. The standard InChI is InChI=1S/C12H13FN2O2S/c13-8-2-1-3-9(6-8)15-11(16)7-10(12(15)17)18-5-4-14/h1-3,6,10H,4-5,7,14H2/t10-/m1/s1. The van der Waals surface area contributed by atoms with E-state index in [9.17, 15) is 14.0 Å². The molecule has 1 aliphatic rings. The molecule has 1 aromatic rings. The highest BCUT2D eigenvalue weighted by molar-refractivity contribution is 8.00. The maximum Gasteiger partial charge on any atom is 0.247 e. The summed E-state index contributed by atoms with van der Waals surface area (Å²) in [6.45, 7) is 0.461. The molecule has 0 bridgehead atoms. The number of halogens is 1. The maximum atomic E-state index is 13.1. The van der Waals surface area contributed by atoms with Crippen LogP contribution in [0.25, 0.3) is 0 Å². The van der Waals surface area contributed by atoms with Crippen molar-refractivity contribution in [3.05, 3.63) is 30.1 Å². The minimum Gasteiger partial charge on any atom is -0.330 e. The fraction of sp³-hybridized carbons (Fsp3) is 0.333. The van der Waals surface area contributed by atoms with Crippen molar-refractivity contribution in [2.45, 2.75) is 11.7 Å². The third-order valence-corrected chi connectivity index (χ3v) is 3.85. The van der Waals surface area contributed by atoms with E-state index in [0.717, 1.165) is 4.90 Å². The molecule has 1 atom stereocenters. The van der Waals surface area contributed by atoms with Crippen molar-refractivity contribution in [1.29, 1.82) is 0 Å². The zero-order valence-electron chi connectivity index (χ0n) is 9.64. The van der Waals surface area contributed by atoms with Gasteiger partial charge in [0.15, 0.2) is 0 Å². The van der Waals surface area contributed by atoms with Gasteiger partial charge in [-0.1, -0.05) is 6.07 Å². The second kappa shape index (κ2) is 5.49. The van der Waals surface area contributed by atoms with Crippen LogP contribution >= 0.6 is 11.8 Å². The zero-order chi connectivity index (χ0) is 13.1. The maximum absolute atomic E-state index is 13.1. The second-order valence-corrected chi connectivity index (χ2v) is 5.21. The molecule has 4 nitrogen and oxygen atoms in total. The van der Waals surface area contributed by atoms with Gasteiger partial charge in [-0.15, -0.1) is 11.8 Å². The van der Waals surface area contributed by atoms with E-state index in [0.29, 0.717) is 18.0 Å². The van der Waals surface area contributed by atoms with Crippen LogP contribution in [-0.4, -0.2) is 29.4 Å². The first kappa shape index (κ1) is 13.0. The lowest BCUT2D eigenvalue weighted by atomic mass is 10.3. The molecule has 0 aromatic heterocycles. The molecular formula is C12H13FN2O2S. The van der Waals surface area contributed by atoms with Gasteiger partial charge in [-0.25, -0.2) is 9.29 Å². The quantitative estimate of drug-likeness (QED) is 0.832. The Balaban J connectivity index is 2.19. The van der Waals surface area contributed by atoms with Crippen LogP contribution in [0, 0.1) is 5.82 Å².